The molecule has 162 valence electrons. The molecule has 0 saturated carbocycles. The number of benzene rings is 1. The summed E-state index contributed by atoms with van der Waals surface area (Å²) in [5.74, 6) is -0.272. The first-order valence-electron chi connectivity index (χ1n) is 10.6. The highest BCUT2D eigenvalue weighted by Crippen LogP contribution is 2.28. The topological polar surface area (TPSA) is 98.3 Å². The fourth-order valence-electron chi connectivity index (χ4n) is 4.41. The van der Waals surface area contributed by atoms with Crippen LogP contribution in [0.25, 0.3) is 16.7 Å². The largest absolute Gasteiger partial charge is 0.323 e. The van der Waals surface area contributed by atoms with Crippen LogP contribution in [0.3, 0.4) is 0 Å². The molecule has 1 aliphatic heterocycles. The molecule has 0 spiro atoms. The zero-order valence-electron chi connectivity index (χ0n) is 18.1. The van der Waals surface area contributed by atoms with Gasteiger partial charge in [-0.25, -0.2) is 14.5 Å². The number of pyridine rings is 1. The van der Waals surface area contributed by atoms with E-state index >= 15 is 0 Å². The Labute approximate surface area is 188 Å². The maximum Gasteiger partial charge on any atom is 0.261 e. The summed E-state index contributed by atoms with van der Waals surface area (Å²) in [7, 11) is 0. The third kappa shape index (κ3) is 2.85. The predicted octanol–water partition coefficient (Wildman–Crippen LogP) is 2.94. The summed E-state index contributed by atoms with van der Waals surface area (Å²) in [6.45, 7) is 4.68. The van der Waals surface area contributed by atoms with Crippen LogP contribution in [0.2, 0.25) is 0 Å². The number of imide groups is 1. The molecule has 0 bridgehead atoms. The van der Waals surface area contributed by atoms with Gasteiger partial charge in [0.25, 0.3) is 11.8 Å². The minimum absolute atomic E-state index is 0.00218. The Morgan fingerprint density at radius 3 is 2.27 bits per heavy atom. The van der Waals surface area contributed by atoms with Gasteiger partial charge in [-0.15, -0.1) is 5.10 Å². The predicted molar refractivity (Wildman–Crippen MR) is 120 cm³/mol. The van der Waals surface area contributed by atoms with E-state index in [0.717, 1.165) is 28.0 Å². The Morgan fingerprint density at radius 1 is 0.848 bits per heavy atom. The Balaban J connectivity index is 1.41. The summed E-state index contributed by atoms with van der Waals surface area (Å²) >= 11 is 0. The zero-order chi connectivity index (χ0) is 22.7. The van der Waals surface area contributed by atoms with E-state index in [-0.39, 0.29) is 18.4 Å². The molecule has 2 amide bonds. The smallest absolute Gasteiger partial charge is 0.261 e. The summed E-state index contributed by atoms with van der Waals surface area (Å²) in [5, 5.41) is 5.39. The molecule has 6 rings (SSSR count). The maximum atomic E-state index is 12.7. The molecule has 5 heterocycles. The third-order valence-corrected chi connectivity index (χ3v) is 6.21. The number of amides is 2. The third-order valence-electron chi connectivity index (χ3n) is 6.21. The molecule has 5 aromatic rings. The molecule has 0 unspecified atom stereocenters. The number of aromatic nitrogens is 6. The SMILES string of the molecule is Cc1c(C)n(Cc2ccccn2)c2ncn3nc(CN4C(=O)c5ccccc5C4=O)nc3c12. The van der Waals surface area contributed by atoms with Gasteiger partial charge in [0.05, 0.1) is 35.3 Å². The standard InChI is InChI=1S/C24H19N7O2/c1-14-15(2)29(11-16-7-5-6-10-25-16)21-20(14)22-27-19(28-31(22)13-26-21)12-30-23(32)17-8-3-4-9-18(17)24(30)33/h3-10,13H,11-12H2,1-2H3. The quantitative estimate of drug-likeness (QED) is 0.401. The van der Waals surface area contributed by atoms with Gasteiger partial charge < -0.3 is 4.57 Å². The van der Waals surface area contributed by atoms with Gasteiger partial charge in [0.15, 0.2) is 11.5 Å². The van der Waals surface area contributed by atoms with E-state index < -0.39 is 0 Å². The fraction of sp³-hybridized carbons (Fsp3) is 0.167. The Hall–Kier alpha value is -4.40. The van der Waals surface area contributed by atoms with Crippen LogP contribution in [0.1, 0.15) is 43.5 Å². The number of fused-ring (bicyclic) bond motifs is 4. The van der Waals surface area contributed by atoms with Gasteiger partial charge in [0.1, 0.15) is 12.0 Å². The van der Waals surface area contributed by atoms with E-state index in [9.17, 15) is 9.59 Å². The highest BCUT2D eigenvalue weighted by atomic mass is 16.2. The molecule has 0 aliphatic carbocycles. The Bertz CT molecular complexity index is 1550. The lowest BCUT2D eigenvalue weighted by Crippen LogP contribution is -2.29. The van der Waals surface area contributed by atoms with Crippen molar-refractivity contribution in [2.75, 3.05) is 0 Å². The lowest BCUT2D eigenvalue weighted by molar-refractivity contribution is 0.0638. The average Bonchev–Trinajstić information content (AvgIpc) is 3.43. The first kappa shape index (κ1) is 19.3. The summed E-state index contributed by atoms with van der Waals surface area (Å²) in [5.41, 5.74) is 5.32. The van der Waals surface area contributed by atoms with Crippen LogP contribution in [0.15, 0.2) is 55.0 Å². The first-order chi connectivity index (χ1) is 16.0. The number of hydrogen-bond donors (Lipinski definition) is 0. The Morgan fingerprint density at radius 2 is 1.58 bits per heavy atom. The number of carbonyl (C=O) groups excluding carboxylic acids is 2. The number of carbonyl (C=O) groups is 2. The molecular weight excluding hydrogens is 418 g/mol. The molecule has 1 aliphatic rings. The van der Waals surface area contributed by atoms with Crippen LogP contribution >= 0.6 is 0 Å². The van der Waals surface area contributed by atoms with Crippen molar-refractivity contribution in [1.29, 1.82) is 0 Å². The van der Waals surface area contributed by atoms with E-state index in [1.807, 2.05) is 32.0 Å². The van der Waals surface area contributed by atoms with Crippen molar-refractivity contribution in [2.24, 2.45) is 0 Å². The van der Waals surface area contributed by atoms with Crippen LogP contribution in [-0.2, 0) is 13.1 Å². The lowest BCUT2D eigenvalue weighted by atomic mass is 10.1. The van der Waals surface area contributed by atoms with Crippen LogP contribution < -0.4 is 0 Å². The van der Waals surface area contributed by atoms with Crippen molar-refractivity contribution in [2.45, 2.75) is 26.9 Å². The second kappa shape index (κ2) is 7.06. The average molecular weight is 437 g/mol. The molecular formula is C24H19N7O2. The van der Waals surface area contributed by atoms with Gasteiger partial charge in [-0.1, -0.05) is 18.2 Å². The van der Waals surface area contributed by atoms with Gasteiger partial charge in [-0.05, 0) is 43.7 Å². The number of hydrogen-bond acceptors (Lipinski definition) is 6. The second-order valence-corrected chi connectivity index (χ2v) is 8.10. The first-order valence-corrected chi connectivity index (χ1v) is 10.6. The van der Waals surface area contributed by atoms with Crippen LogP contribution in [0.5, 0.6) is 0 Å². The van der Waals surface area contributed by atoms with Crippen molar-refractivity contribution in [3.8, 4) is 0 Å². The van der Waals surface area contributed by atoms with E-state index in [1.54, 1.807) is 41.3 Å². The van der Waals surface area contributed by atoms with Crippen molar-refractivity contribution < 1.29 is 9.59 Å². The van der Waals surface area contributed by atoms with Crippen LogP contribution in [0, 0.1) is 13.8 Å². The van der Waals surface area contributed by atoms with Crippen molar-refractivity contribution in [1.82, 2.24) is 34.0 Å². The highest BCUT2D eigenvalue weighted by molar-refractivity contribution is 6.21. The molecule has 1 aromatic carbocycles. The minimum Gasteiger partial charge on any atom is -0.323 e. The number of aryl methyl sites for hydroxylation is 1. The van der Waals surface area contributed by atoms with Gasteiger partial charge in [0.2, 0.25) is 0 Å². The van der Waals surface area contributed by atoms with Gasteiger partial charge >= 0.3 is 0 Å². The van der Waals surface area contributed by atoms with E-state index in [2.05, 4.69) is 19.6 Å². The molecule has 0 saturated heterocycles. The lowest BCUT2D eigenvalue weighted by Gasteiger charge is -2.10. The second-order valence-electron chi connectivity index (χ2n) is 8.10. The van der Waals surface area contributed by atoms with Gasteiger partial charge in [-0.2, -0.15) is 0 Å². The van der Waals surface area contributed by atoms with Crippen LogP contribution in [0.4, 0.5) is 0 Å². The van der Waals surface area contributed by atoms with E-state index in [1.165, 1.54) is 4.90 Å². The molecule has 33 heavy (non-hydrogen) atoms. The monoisotopic (exact) mass is 437 g/mol. The van der Waals surface area contributed by atoms with E-state index in [4.69, 9.17) is 4.98 Å². The maximum absolute atomic E-state index is 12.7. The molecule has 0 N–H and O–H groups in total. The van der Waals surface area contributed by atoms with Gasteiger partial charge in [0, 0.05) is 11.9 Å². The molecule has 9 heteroatoms. The minimum atomic E-state index is -0.328. The molecule has 9 nitrogen and oxygen atoms in total. The number of rotatable bonds is 4. The fourth-order valence-corrected chi connectivity index (χ4v) is 4.41. The summed E-state index contributed by atoms with van der Waals surface area (Å²) < 4.78 is 3.72. The molecule has 4 aromatic heterocycles. The molecule has 0 radical (unpaired) electrons. The van der Waals surface area contributed by atoms with Gasteiger partial charge in [-0.3, -0.25) is 19.5 Å². The van der Waals surface area contributed by atoms with Crippen molar-refractivity contribution >= 4 is 28.5 Å². The van der Waals surface area contributed by atoms with Crippen molar-refractivity contribution in [3.05, 3.63) is 88.9 Å². The van der Waals surface area contributed by atoms with Crippen molar-refractivity contribution in [3.63, 3.8) is 0 Å². The normalized spacial score (nSPS) is 13.5. The number of nitrogens with zero attached hydrogens (tertiary/aromatic N) is 7. The van der Waals surface area contributed by atoms with E-state index in [0.29, 0.717) is 29.1 Å². The van der Waals surface area contributed by atoms with Crippen LogP contribution in [-0.4, -0.2) is 45.8 Å². The summed E-state index contributed by atoms with van der Waals surface area (Å²) in [6.07, 6.45) is 3.39. The molecule has 0 fully saturated rings. The Kier molecular flexibility index (Phi) is 4.13. The summed E-state index contributed by atoms with van der Waals surface area (Å²) in [4.78, 5) is 40.4. The summed E-state index contributed by atoms with van der Waals surface area (Å²) in [6, 6.07) is 12.7. The zero-order valence-corrected chi connectivity index (χ0v) is 18.1. The highest BCUT2D eigenvalue weighted by Gasteiger charge is 2.36. The molecule has 0 atom stereocenters.